The lowest BCUT2D eigenvalue weighted by atomic mass is 9.95. The monoisotopic (exact) mass is 292 g/mol. The van der Waals surface area contributed by atoms with E-state index < -0.39 is 0 Å². The molecule has 0 atom stereocenters. The summed E-state index contributed by atoms with van der Waals surface area (Å²) in [6.45, 7) is 8.61. The lowest BCUT2D eigenvalue weighted by molar-refractivity contribution is 0.252. The molecule has 0 amide bonds. The number of nitrogens with two attached hydrogens (primary N) is 1. The zero-order valence-electron chi connectivity index (χ0n) is 13.8. The van der Waals surface area contributed by atoms with Crippen molar-refractivity contribution in [2.75, 3.05) is 37.5 Å². The van der Waals surface area contributed by atoms with Gasteiger partial charge in [-0.3, -0.25) is 0 Å². The van der Waals surface area contributed by atoms with E-state index in [0.29, 0.717) is 11.9 Å². The number of nitrogens with one attached hydrogen (secondary N) is 1. The molecular weight excluding hydrogens is 264 g/mol. The molecule has 6 nitrogen and oxygen atoms in total. The Balaban J connectivity index is 2.25. The van der Waals surface area contributed by atoms with Crippen molar-refractivity contribution < 1.29 is 0 Å². The van der Waals surface area contributed by atoms with E-state index >= 15 is 0 Å². The summed E-state index contributed by atoms with van der Waals surface area (Å²) in [6.07, 6.45) is 2.32. The number of nitrogen functional groups attached to an aromatic ring is 1. The van der Waals surface area contributed by atoms with Gasteiger partial charge < -0.3 is 15.2 Å². The predicted octanol–water partition coefficient (Wildman–Crippen LogP) is 1.59. The molecule has 1 saturated heterocycles. The summed E-state index contributed by atoms with van der Waals surface area (Å²) in [5.41, 5.74) is 2.56. The Kier molecular flexibility index (Phi) is 4.68. The highest BCUT2D eigenvalue weighted by Gasteiger charge is 2.24. The van der Waals surface area contributed by atoms with Gasteiger partial charge >= 0.3 is 0 Å². The van der Waals surface area contributed by atoms with Crippen LogP contribution in [-0.4, -0.2) is 48.1 Å². The first kappa shape index (κ1) is 16.0. The summed E-state index contributed by atoms with van der Waals surface area (Å²) >= 11 is 0. The lowest BCUT2D eigenvalue weighted by Gasteiger charge is -2.36. The predicted molar refractivity (Wildman–Crippen MR) is 87.5 cm³/mol. The first-order chi connectivity index (χ1) is 9.81. The van der Waals surface area contributed by atoms with E-state index in [1.807, 2.05) is 6.07 Å². The number of rotatable bonds is 3. The molecule has 3 N–H and O–H groups in total. The second kappa shape index (κ2) is 6.15. The zero-order valence-corrected chi connectivity index (χ0v) is 13.8. The van der Waals surface area contributed by atoms with E-state index in [1.165, 1.54) is 0 Å². The van der Waals surface area contributed by atoms with Crippen LogP contribution in [0.15, 0.2) is 6.07 Å². The van der Waals surface area contributed by atoms with Crippen molar-refractivity contribution in [3.63, 3.8) is 0 Å². The SMILES string of the molecule is CN1CCC(N(C)c2cc(NN)nc(C(C)(C)C)n2)CC1. The third kappa shape index (κ3) is 3.83. The standard InChI is InChI=1S/C15H28N6/c1-15(2,3)14-17-12(19-16)10-13(18-14)21(5)11-6-8-20(4)9-7-11/h10-11H,6-9,16H2,1-5H3,(H,17,18,19). The van der Waals surface area contributed by atoms with Crippen molar-refractivity contribution in [1.29, 1.82) is 0 Å². The summed E-state index contributed by atoms with van der Waals surface area (Å²) in [4.78, 5) is 13.9. The molecule has 1 aromatic rings. The van der Waals surface area contributed by atoms with E-state index in [4.69, 9.17) is 10.8 Å². The molecule has 2 heterocycles. The number of hydrogen-bond donors (Lipinski definition) is 2. The van der Waals surface area contributed by atoms with Gasteiger partial charge in [0, 0.05) is 24.6 Å². The first-order valence-corrected chi connectivity index (χ1v) is 7.59. The van der Waals surface area contributed by atoms with Crippen molar-refractivity contribution in [3.8, 4) is 0 Å². The van der Waals surface area contributed by atoms with Gasteiger partial charge in [0.15, 0.2) is 0 Å². The second-order valence-electron chi connectivity index (χ2n) is 6.97. The van der Waals surface area contributed by atoms with Gasteiger partial charge in [0.05, 0.1) is 0 Å². The number of hydrazine groups is 1. The van der Waals surface area contributed by atoms with Crippen LogP contribution in [-0.2, 0) is 5.41 Å². The molecule has 1 fully saturated rings. The van der Waals surface area contributed by atoms with Crippen molar-refractivity contribution >= 4 is 11.6 Å². The van der Waals surface area contributed by atoms with Crippen LogP contribution in [0.1, 0.15) is 39.4 Å². The van der Waals surface area contributed by atoms with Crippen LogP contribution in [0.3, 0.4) is 0 Å². The van der Waals surface area contributed by atoms with Crippen LogP contribution in [0.2, 0.25) is 0 Å². The fourth-order valence-electron chi connectivity index (χ4n) is 2.59. The van der Waals surface area contributed by atoms with Crippen LogP contribution in [0, 0.1) is 0 Å². The lowest BCUT2D eigenvalue weighted by Crippen LogP contribution is -2.42. The van der Waals surface area contributed by atoms with Crippen molar-refractivity contribution in [2.45, 2.75) is 45.1 Å². The van der Waals surface area contributed by atoms with Gasteiger partial charge in [-0.15, -0.1) is 0 Å². The molecular formula is C15H28N6. The first-order valence-electron chi connectivity index (χ1n) is 7.59. The van der Waals surface area contributed by atoms with Crippen molar-refractivity contribution in [2.24, 2.45) is 5.84 Å². The summed E-state index contributed by atoms with van der Waals surface area (Å²) < 4.78 is 0. The van der Waals surface area contributed by atoms with E-state index in [2.05, 4.69) is 55.1 Å². The van der Waals surface area contributed by atoms with Crippen LogP contribution >= 0.6 is 0 Å². The molecule has 0 aliphatic carbocycles. The van der Waals surface area contributed by atoms with E-state index in [-0.39, 0.29) is 5.41 Å². The number of likely N-dealkylation sites (tertiary alicyclic amines) is 1. The Labute approximate surface area is 127 Å². The van der Waals surface area contributed by atoms with Crippen LogP contribution in [0.5, 0.6) is 0 Å². The molecule has 0 spiro atoms. The summed E-state index contributed by atoms with van der Waals surface area (Å²) in [5, 5.41) is 0. The fourth-order valence-corrected chi connectivity index (χ4v) is 2.59. The number of nitrogens with zero attached hydrogens (tertiary/aromatic N) is 4. The molecule has 118 valence electrons. The van der Waals surface area contributed by atoms with E-state index in [0.717, 1.165) is 37.6 Å². The molecule has 21 heavy (non-hydrogen) atoms. The number of hydrogen-bond acceptors (Lipinski definition) is 6. The van der Waals surface area contributed by atoms with Crippen molar-refractivity contribution in [3.05, 3.63) is 11.9 Å². The molecule has 0 radical (unpaired) electrons. The quantitative estimate of drug-likeness (QED) is 0.651. The van der Waals surface area contributed by atoms with Crippen LogP contribution in [0.4, 0.5) is 11.6 Å². The van der Waals surface area contributed by atoms with Gasteiger partial charge in [0.1, 0.15) is 17.5 Å². The molecule has 0 bridgehead atoms. The van der Waals surface area contributed by atoms with Gasteiger partial charge in [-0.2, -0.15) is 0 Å². The van der Waals surface area contributed by atoms with Gasteiger partial charge in [0.2, 0.25) is 0 Å². The summed E-state index contributed by atoms with van der Waals surface area (Å²) in [6, 6.07) is 2.45. The topological polar surface area (TPSA) is 70.3 Å². The maximum atomic E-state index is 5.56. The zero-order chi connectivity index (χ0) is 15.6. The molecule has 6 heteroatoms. The Morgan fingerprint density at radius 1 is 1.29 bits per heavy atom. The average molecular weight is 292 g/mol. The maximum Gasteiger partial charge on any atom is 0.145 e. The van der Waals surface area contributed by atoms with Gasteiger partial charge in [-0.1, -0.05) is 20.8 Å². The number of piperidine rings is 1. The largest absolute Gasteiger partial charge is 0.356 e. The highest BCUT2D eigenvalue weighted by molar-refractivity contribution is 5.49. The fraction of sp³-hybridized carbons (Fsp3) is 0.733. The Morgan fingerprint density at radius 2 is 1.90 bits per heavy atom. The molecule has 2 rings (SSSR count). The Bertz CT molecular complexity index is 474. The van der Waals surface area contributed by atoms with Crippen LogP contribution < -0.4 is 16.2 Å². The maximum absolute atomic E-state index is 5.56. The Morgan fingerprint density at radius 3 is 2.43 bits per heavy atom. The molecule has 0 saturated carbocycles. The van der Waals surface area contributed by atoms with Gasteiger partial charge in [-0.25, -0.2) is 15.8 Å². The minimum atomic E-state index is -0.102. The highest BCUT2D eigenvalue weighted by Crippen LogP contribution is 2.26. The second-order valence-corrected chi connectivity index (χ2v) is 6.97. The molecule has 1 aliphatic heterocycles. The smallest absolute Gasteiger partial charge is 0.145 e. The molecule has 1 aliphatic rings. The minimum absolute atomic E-state index is 0.102. The average Bonchev–Trinajstić information content (AvgIpc) is 2.46. The summed E-state index contributed by atoms with van der Waals surface area (Å²) in [5.74, 6) is 7.99. The molecule has 1 aromatic heterocycles. The number of aromatic nitrogens is 2. The van der Waals surface area contributed by atoms with E-state index in [9.17, 15) is 0 Å². The molecule has 0 unspecified atom stereocenters. The highest BCUT2D eigenvalue weighted by atomic mass is 15.3. The van der Waals surface area contributed by atoms with Crippen LogP contribution in [0.25, 0.3) is 0 Å². The summed E-state index contributed by atoms with van der Waals surface area (Å²) in [7, 11) is 4.29. The van der Waals surface area contributed by atoms with Gasteiger partial charge in [0.25, 0.3) is 0 Å². The minimum Gasteiger partial charge on any atom is -0.356 e. The molecule has 0 aromatic carbocycles. The number of anilines is 2. The Hall–Kier alpha value is -1.40. The van der Waals surface area contributed by atoms with Crippen molar-refractivity contribution in [1.82, 2.24) is 14.9 Å². The normalized spacial score (nSPS) is 17.8. The van der Waals surface area contributed by atoms with E-state index in [1.54, 1.807) is 0 Å². The van der Waals surface area contributed by atoms with Gasteiger partial charge in [-0.05, 0) is 33.0 Å². The third-order valence-corrected chi connectivity index (χ3v) is 4.13. The third-order valence-electron chi connectivity index (χ3n) is 4.13.